The van der Waals surface area contributed by atoms with E-state index in [1.165, 1.54) is 0 Å². The molecule has 1 heterocycles. The van der Waals surface area contributed by atoms with Crippen LogP contribution in [0.15, 0.2) is 0 Å². The predicted octanol–water partition coefficient (Wildman–Crippen LogP) is -0.271. The number of carbonyl (C=O) groups is 2. The van der Waals surface area contributed by atoms with Crippen molar-refractivity contribution in [2.75, 3.05) is 45.9 Å². The number of urea groups is 1. The van der Waals surface area contributed by atoms with Gasteiger partial charge in [0.05, 0.1) is 19.1 Å². The Balaban J connectivity index is 1.99. The molecule has 0 aromatic rings. The maximum atomic E-state index is 11.4. The first-order chi connectivity index (χ1) is 9.09. The lowest BCUT2D eigenvalue weighted by Crippen LogP contribution is -2.41. The minimum Gasteiger partial charge on any atom is -0.481 e. The zero-order chi connectivity index (χ0) is 14.1. The number of rotatable bonds is 7. The van der Waals surface area contributed by atoms with Crippen molar-refractivity contribution >= 4 is 12.0 Å². The van der Waals surface area contributed by atoms with Gasteiger partial charge in [-0.05, 0) is 13.0 Å². The summed E-state index contributed by atoms with van der Waals surface area (Å²) in [7, 11) is 0. The summed E-state index contributed by atoms with van der Waals surface area (Å²) in [4.78, 5) is 24.2. The lowest BCUT2D eigenvalue weighted by molar-refractivity contribution is -0.140. The van der Waals surface area contributed by atoms with E-state index in [-0.39, 0.29) is 12.6 Å². The van der Waals surface area contributed by atoms with Gasteiger partial charge in [-0.1, -0.05) is 6.92 Å². The van der Waals surface area contributed by atoms with Gasteiger partial charge in [-0.25, -0.2) is 4.79 Å². The van der Waals surface area contributed by atoms with E-state index in [2.05, 4.69) is 15.5 Å². The maximum Gasteiger partial charge on any atom is 0.314 e. The normalized spacial score (nSPS) is 17.7. The summed E-state index contributed by atoms with van der Waals surface area (Å²) in [5.74, 6) is -1.48. The van der Waals surface area contributed by atoms with Crippen LogP contribution in [0.5, 0.6) is 0 Å². The van der Waals surface area contributed by atoms with Gasteiger partial charge in [0.25, 0.3) is 0 Å². The zero-order valence-electron chi connectivity index (χ0n) is 11.4. The van der Waals surface area contributed by atoms with E-state index in [0.717, 1.165) is 39.3 Å². The average molecular weight is 273 g/mol. The number of carboxylic acid groups (broad SMARTS) is 1. The Morgan fingerprint density at radius 2 is 2.00 bits per heavy atom. The molecule has 7 nitrogen and oxygen atoms in total. The fraction of sp³-hybridized carbons (Fsp3) is 0.833. The number of nitrogens with zero attached hydrogens (tertiary/aromatic N) is 1. The predicted molar refractivity (Wildman–Crippen MR) is 70.1 cm³/mol. The van der Waals surface area contributed by atoms with Gasteiger partial charge >= 0.3 is 12.0 Å². The SMILES string of the molecule is CC(CNC(=O)NCCCN1CCOCC1)C(=O)O. The first-order valence-corrected chi connectivity index (χ1v) is 6.64. The molecule has 7 heteroatoms. The van der Waals surface area contributed by atoms with Crippen LogP contribution >= 0.6 is 0 Å². The monoisotopic (exact) mass is 273 g/mol. The zero-order valence-corrected chi connectivity index (χ0v) is 11.4. The molecular formula is C12H23N3O4. The van der Waals surface area contributed by atoms with Crippen molar-refractivity contribution < 1.29 is 19.4 Å². The molecule has 110 valence electrons. The first-order valence-electron chi connectivity index (χ1n) is 6.64. The Hall–Kier alpha value is -1.34. The molecule has 0 bridgehead atoms. The fourth-order valence-corrected chi connectivity index (χ4v) is 1.72. The van der Waals surface area contributed by atoms with Crippen LogP contribution in [-0.2, 0) is 9.53 Å². The molecule has 0 aromatic carbocycles. The second-order valence-electron chi connectivity index (χ2n) is 4.68. The third-order valence-corrected chi connectivity index (χ3v) is 3.03. The van der Waals surface area contributed by atoms with E-state index in [1.54, 1.807) is 6.92 Å². The van der Waals surface area contributed by atoms with Crippen molar-refractivity contribution in [2.24, 2.45) is 5.92 Å². The highest BCUT2D eigenvalue weighted by Crippen LogP contribution is 1.97. The third kappa shape index (κ3) is 6.97. The van der Waals surface area contributed by atoms with Crippen LogP contribution in [0, 0.1) is 5.92 Å². The van der Waals surface area contributed by atoms with E-state index in [0.29, 0.717) is 6.54 Å². The maximum absolute atomic E-state index is 11.4. The lowest BCUT2D eigenvalue weighted by atomic mass is 10.2. The smallest absolute Gasteiger partial charge is 0.314 e. The van der Waals surface area contributed by atoms with Crippen LogP contribution < -0.4 is 10.6 Å². The molecule has 19 heavy (non-hydrogen) atoms. The van der Waals surface area contributed by atoms with Crippen molar-refractivity contribution in [3.8, 4) is 0 Å². The van der Waals surface area contributed by atoms with Crippen LogP contribution in [-0.4, -0.2) is 67.9 Å². The van der Waals surface area contributed by atoms with E-state index in [9.17, 15) is 9.59 Å². The van der Waals surface area contributed by atoms with E-state index < -0.39 is 11.9 Å². The number of nitrogens with one attached hydrogen (secondary N) is 2. The van der Waals surface area contributed by atoms with Crippen LogP contribution in [0.3, 0.4) is 0 Å². The largest absolute Gasteiger partial charge is 0.481 e. The van der Waals surface area contributed by atoms with Crippen molar-refractivity contribution in [1.29, 1.82) is 0 Å². The van der Waals surface area contributed by atoms with Gasteiger partial charge < -0.3 is 20.5 Å². The highest BCUT2D eigenvalue weighted by molar-refractivity contribution is 5.75. The minimum absolute atomic E-state index is 0.143. The third-order valence-electron chi connectivity index (χ3n) is 3.03. The summed E-state index contributed by atoms with van der Waals surface area (Å²) in [6.45, 7) is 6.68. The highest BCUT2D eigenvalue weighted by Gasteiger charge is 2.12. The van der Waals surface area contributed by atoms with Crippen LogP contribution in [0.2, 0.25) is 0 Å². The van der Waals surface area contributed by atoms with Crippen LogP contribution in [0.25, 0.3) is 0 Å². The molecule has 1 rings (SSSR count). The molecule has 3 N–H and O–H groups in total. The van der Waals surface area contributed by atoms with Crippen LogP contribution in [0.4, 0.5) is 4.79 Å². The molecule has 1 aliphatic rings. The van der Waals surface area contributed by atoms with Crippen LogP contribution in [0.1, 0.15) is 13.3 Å². The number of hydrogen-bond donors (Lipinski definition) is 3. The van der Waals surface area contributed by atoms with Gasteiger partial charge in [0.2, 0.25) is 0 Å². The van der Waals surface area contributed by atoms with Gasteiger partial charge in [-0.3, -0.25) is 9.69 Å². The number of ether oxygens (including phenoxy) is 1. The summed E-state index contributed by atoms with van der Waals surface area (Å²) >= 11 is 0. The number of morpholine rings is 1. The average Bonchev–Trinajstić information content (AvgIpc) is 2.42. The number of carbonyl (C=O) groups excluding carboxylic acids is 1. The molecule has 1 saturated heterocycles. The molecule has 0 saturated carbocycles. The highest BCUT2D eigenvalue weighted by atomic mass is 16.5. The van der Waals surface area contributed by atoms with Crippen molar-refractivity contribution in [2.45, 2.75) is 13.3 Å². The number of aliphatic carboxylic acids is 1. The summed E-state index contributed by atoms with van der Waals surface area (Å²) in [5.41, 5.74) is 0. The molecule has 2 amide bonds. The molecule has 0 spiro atoms. The molecule has 1 aliphatic heterocycles. The van der Waals surface area contributed by atoms with E-state index >= 15 is 0 Å². The lowest BCUT2D eigenvalue weighted by Gasteiger charge is -2.26. The Kier molecular flexibility index (Phi) is 7.20. The summed E-state index contributed by atoms with van der Waals surface area (Å²) < 4.78 is 5.25. The first kappa shape index (κ1) is 15.7. The fourth-order valence-electron chi connectivity index (χ4n) is 1.72. The van der Waals surface area contributed by atoms with E-state index in [1.807, 2.05) is 0 Å². The number of hydrogen-bond acceptors (Lipinski definition) is 4. The molecule has 0 aliphatic carbocycles. The van der Waals surface area contributed by atoms with Gasteiger partial charge in [0.15, 0.2) is 0 Å². The summed E-state index contributed by atoms with van der Waals surface area (Å²) in [5, 5.41) is 13.9. The quantitative estimate of drug-likeness (QED) is 0.555. The van der Waals surface area contributed by atoms with Gasteiger partial charge in [-0.2, -0.15) is 0 Å². The molecule has 0 aromatic heterocycles. The Bertz CT molecular complexity index is 293. The molecule has 0 radical (unpaired) electrons. The standard InChI is InChI=1S/C12H23N3O4/c1-10(11(16)17)9-14-12(18)13-3-2-4-15-5-7-19-8-6-15/h10H,2-9H2,1H3,(H,16,17)(H2,13,14,18). The Morgan fingerprint density at radius 1 is 1.32 bits per heavy atom. The Morgan fingerprint density at radius 3 is 2.63 bits per heavy atom. The molecule has 1 fully saturated rings. The topological polar surface area (TPSA) is 90.9 Å². The van der Waals surface area contributed by atoms with Crippen molar-refractivity contribution in [3.63, 3.8) is 0 Å². The molecular weight excluding hydrogens is 250 g/mol. The molecule has 1 unspecified atom stereocenters. The van der Waals surface area contributed by atoms with Gasteiger partial charge in [-0.15, -0.1) is 0 Å². The number of carboxylic acids is 1. The summed E-state index contributed by atoms with van der Waals surface area (Å²) in [6.07, 6.45) is 0.877. The van der Waals surface area contributed by atoms with Gasteiger partial charge in [0.1, 0.15) is 0 Å². The second kappa shape index (κ2) is 8.71. The van der Waals surface area contributed by atoms with Crippen molar-refractivity contribution in [1.82, 2.24) is 15.5 Å². The second-order valence-corrected chi connectivity index (χ2v) is 4.68. The molecule has 1 atom stereocenters. The Labute approximate surface area is 113 Å². The van der Waals surface area contributed by atoms with Crippen molar-refractivity contribution in [3.05, 3.63) is 0 Å². The number of amides is 2. The van der Waals surface area contributed by atoms with Gasteiger partial charge in [0, 0.05) is 26.2 Å². The summed E-state index contributed by atoms with van der Waals surface area (Å²) in [6, 6.07) is -0.310. The van der Waals surface area contributed by atoms with E-state index in [4.69, 9.17) is 9.84 Å². The minimum atomic E-state index is -0.910.